The van der Waals surface area contributed by atoms with Gasteiger partial charge in [-0.3, -0.25) is 4.79 Å². The molecule has 0 saturated heterocycles. The molecule has 0 saturated carbocycles. The molecule has 2 unspecified atom stereocenters. The van der Waals surface area contributed by atoms with Gasteiger partial charge >= 0.3 is 5.97 Å². The van der Waals surface area contributed by atoms with Crippen LogP contribution in [-0.2, 0) is 14.3 Å². The lowest BCUT2D eigenvalue weighted by molar-refractivity contribution is -0.145. The predicted octanol–water partition coefficient (Wildman–Crippen LogP) is 4.27. The highest BCUT2D eigenvalue weighted by atomic mass is 35.5. The molecule has 4 rings (SSSR count). The zero-order valence-electron chi connectivity index (χ0n) is 16.8. The van der Waals surface area contributed by atoms with Gasteiger partial charge in [-0.05, 0) is 24.3 Å². The van der Waals surface area contributed by atoms with Gasteiger partial charge in [0.2, 0.25) is 0 Å². The fourth-order valence-corrected chi connectivity index (χ4v) is 3.91. The van der Waals surface area contributed by atoms with Gasteiger partial charge in [-0.25, -0.2) is 4.98 Å². The number of nitrogens with zero attached hydrogens (tertiary/aromatic N) is 2. The van der Waals surface area contributed by atoms with Crippen molar-refractivity contribution in [3.63, 3.8) is 0 Å². The fraction of sp³-hybridized carbons (Fsp3) is 0.273. The molecular weight excluding hydrogens is 408 g/mol. The van der Waals surface area contributed by atoms with Crippen LogP contribution >= 0.6 is 11.6 Å². The van der Waals surface area contributed by atoms with Gasteiger partial charge in [-0.1, -0.05) is 23.7 Å². The molecule has 2 aromatic heterocycles. The molecule has 1 aromatic carbocycles. The van der Waals surface area contributed by atoms with E-state index in [1.165, 1.54) is 7.11 Å². The lowest BCUT2D eigenvalue weighted by Crippen LogP contribution is -2.15. The Morgan fingerprint density at radius 3 is 2.73 bits per heavy atom. The quantitative estimate of drug-likeness (QED) is 0.565. The number of para-hydroxylation sites is 1. The zero-order valence-corrected chi connectivity index (χ0v) is 17.6. The second-order valence-electron chi connectivity index (χ2n) is 6.74. The van der Waals surface area contributed by atoms with Crippen LogP contribution in [0.5, 0.6) is 11.5 Å². The number of halogens is 1. The number of ether oxygens (including phenoxy) is 4. The number of carbonyl (C=O) groups is 1. The highest BCUT2D eigenvalue weighted by molar-refractivity contribution is 6.30. The Balaban J connectivity index is 1.93. The van der Waals surface area contributed by atoms with Crippen molar-refractivity contribution in [2.24, 2.45) is 0 Å². The maximum atomic E-state index is 12.1. The highest BCUT2D eigenvalue weighted by Crippen LogP contribution is 2.45. The molecular formula is C22H21ClN2O5. The largest absolute Gasteiger partial charge is 0.493 e. The summed E-state index contributed by atoms with van der Waals surface area (Å²) in [5.41, 5.74) is 2.28. The van der Waals surface area contributed by atoms with Crippen LogP contribution in [0.3, 0.4) is 0 Å². The topological polar surface area (TPSA) is 71.8 Å². The Bertz CT molecular complexity index is 1080. The number of pyridine rings is 1. The number of methoxy groups -OCH3 is 3. The molecule has 0 bridgehead atoms. The Morgan fingerprint density at radius 2 is 2.00 bits per heavy atom. The molecule has 30 heavy (non-hydrogen) atoms. The summed E-state index contributed by atoms with van der Waals surface area (Å²) in [6.07, 6.45) is 2.34. The third kappa shape index (κ3) is 3.51. The summed E-state index contributed by atoms with van der Waals surface area (Å²) < 4.78 is 24.4. The number of hydrogen-bond acceptors (Lipinski definition) is 6. The summed E-state index contributed by atoms with van der Waals surface area (Å²) in [5.74, 6) is 1.41. The van der Waals surface area contributed by atoms with E-state index in [9.17, 15) is 4.79 Å². The van der Waals surface area contributed by atoms with E-state index in [1.54, 1.807) is 20.4 Å². The maximum absolute atomic E-state index is 12.1. The van der Waals surface area contributed by atoms with E-state index in [1.807, 2.05) is 47.2 Å². The second-order valence-corrected chi connectivity index (χ2v) is 7.17. The fourth-order valence-electron chi connectivity index (χ4n) is 3.75. The average Bonchev–Trinajstić information content (AvgIpc) is 3.21. The minimum absolute atomic E-state index is 0.0466. The van der Waals surface area contributed by atoms with E-state index in [0.29, 0.717) is 22.3 Å². The van der Waals surface area contributed by atoms with E-state index >= 15 is 0 Å². The minimum Gasteiger partial charge on any atom is -0.493 e. The van der Waals surface area contributed by atoms with Gasteiger partial charge < -0.3 is 23.5 Å². The van der Waals surface area contributed by atoms with Crippen molar-refractivity contribution < 1.29 is 23.7 Å². The van der Waals surface area contributed by atoms with Crippen molar-refractivity contribution >= 4 is 17.6 Å². The van der Waals surface area contributed by atoms with Gasteiger partial charge in [0.05, 0.1) is 38.5 Å². The Labute approximate surface area is 179 Å². The van der Waals surface area contributed by atoms with E-state index in [2.05, 4.69) is 4.98 Å². The van der Waals surface area contributed by atoms with Crippen molar-refractivity contribution in [1.29, 1.82) is 0 Å². The predicted molar refractivity (Wildman–Crippen MR) is 110 cm³/mol. The molecule has 0 fully saturated rings. The summed E-state index contributed by atoms with van der Waals surface area (Å²) in [6, 6.07) is 11.2. The number of fused-ring (bicyclic) bond motifs is 3. The molecule has 0 N–H and O–H groups in total. The van der Waals surface area contributed by atoms with Gasteiger partial charge in [-0.2, -0.15) is 0 Å². The van der Waals surface area contributed by atoms with Gasteiger partial charge in [0.15, 0.2) is 11.5 Å². The SMILES string of the molecule is COC(=O)CC1OC(c2cccc(OC)c2OC)c2cc(Cl)cnc2-n2cccc21. The van der Waals surface area contributed by atoms with Crippen LogP contribution in [0.1, 0.15) is 35.4 Å². The van der Waals surface area contributed by atoms with Crippen molar-refractivity contribution in [3.05, 3.63) is 70.6 Å². The molecule has 0 amide bonds. The molecule has 0 spiro atoms. The van der Waals surface area contributed by atoms with Crippen molar-refractivity contribution in [2.75, 3.05) is 21.3 Å². The molecule has 8 heteroatoms. The lowest BCUT2D eigenvalue weighted by atomic mass is 10.00. The third-order valence-electron chi connectivity index (χ3n) is 5.08. The normalized spacial score (nSPS) is 17.5. The van der Waals surface area contributed by atoms with Gasteiger partial charge in [0, 0.05) is 23.5 Å². The molecule has 1 aliphatic heterocycles. The van der Waals surface area contributed by atoms with Gasteiger partial charge in [-0.15, -0.1) is 0 Å². The Hall–Kier alpha value is -3.03. The van der Waals surface area contributed by atoms with Crippen molar-refractivity contribution in [2.45, 2.75) is 18.6 Å². The van der Waals surface area contributed by atoms with Gasteiger partial charge in [0.25, 0.3) is 0 Å². The van der Waals surface area contributed by atoms with Crippen LogP contribution in [0.15, 0.2) is 48.8 Å². The molecule has 3 aromatic rings. The van der Waals surface area contributed by atoms with E-state index in [4.69, 9.17) is 30.5 Å². The average molecular weight is 429 g/mol. The van der Waals surface area contributed by atoms with Crippen molar-refractivity contribution in [1.82, 2.24) is 9.55 Å². The number of carbonyl (C=O) groups excluding carboxylic acids is 1. The van der Waals surface area contributed by atoms with Crippen LogP contribution in [0.4, 0.5) is 0 Å². The Morgan fingerprint density at radius 1 is 1.17 bits per heavy atom. The van der Waals surface area contributed by atoms with Crippen molar-refractivity contribution in [3.8, 4) is 17.3 Å². The number of hydrogen-bond donors (Lipinski definition) is 0. The third-order valence-corrected chi connectivity index (χ3v) is 5.29. The summed E-state index contributed by atoms with van der Waals surface area (Å²) in [5, 5.41) is 0.476. The minimum atomic E-state index is -0.606. The smallest absolute Gasteiger partial charge is 0.308 e. The zero-order chi connectivity index (χ0) is 21.3. The highest BCUT2D eigenvalue weighted by Gasteiger charge is 2.34. The van der Waals surface area contributed by atoms with E-state index in [0.717, 1.165) is 16.8 Å². The van der Waals surface area contributed by atoms with Crippen LogP contribution in [-0.4, -0.2) is 36.8 Å². The summed E-state index contributed by atoms with van der Waals surface area (Å²) >= 11 is 6.30. The standard InChI is InChI=1S/C22H21ClN2O5/c1-27-17-8-4-6-14(21(17)29-3)20-15-10-13(23)12-24-22(15)25-9-5-7-16(25)18(30-20)11-19(26)28-2/h4-10,12,18,20H,11H2,1-3H3. The first-order valence-electron chi connectivity index (χ1n) is 9.33. The Kier molecular flexibility index (Phi) is 5.65. The second kappa shape index (κ2) is 8.38. The van der Waals surface area contributed by atoms with Gasteiger partial charge in [0.1, 0.15) is 18.0 Å². The summed E-state index contributed by atoms with van der Waals surface area (Å²) in [6.45, 7) is 0. The van der Waals surface area contributed by atoms with E-state index in [-0.39, 0.29) is 12.4 Å². The summed E-state index contributed by atoms with van der Waals surface area (Å²) in [7, 11) is 4.51. The molecule has 2 atom stereocenters. The molecule has 1 aliphatic rings. The molecule has 156 valence electrons. The van der Waals surface area contributed by atoms with Crippen LogP contribution < -0.4 is 9.47 Å². The van der Waals surface area contributed by atoms with Crippen LogP contribution in [0.25, 0.3) is 5.82 Å². The van der Waals surface area contributed by atoms with E-state index < -0.39 is 12.2 Å². The number of rotatable bonds is 5. The van der Waals surface area contributed by atoms with Crippen LogP contribution in [0.2, 0.25) is 5.02 Å². The molecule has 7 nitrogen and oxygen atoms in total. The lowest BCUT2D eigenvalue weighted by Gasteiger charge is -2.24. The molecule has 3 heterocycles. The maximum Gasteiger partial charge on any atom is 0.308 e. The number of aromatic nitrogens is 2. The monoisotopic (exact) mass is 428 g/mol. The number of benzene rings is 1. The molecule has 0 radical (unpaired) electrons. The number of esters is 1. The first-order valence-corrected chi connectivity index (χ1v) is 9.71. The van der Waals surface area contributed by atoms with Crippen LogP contribution in [0, 0.1) is 0 Å². The molecule has 0 aliphatic carbocycles. The first-order chi connectivity index (χ1) is 14.6. The first kappa shape index (κ1) is 20.3. The summed E-state index contributed by atoms with van der Waals surface area (Å²) in [4.78, 5) is 16.7.